The van der Waals surface area contributed by atoms with Crippen molar-refractivity contribution in [3.05, 3.63) is 29.8 Å². The average Bonchev–Trinajstić information content (AvgIpc) is 2.71. The fourth-order valence-electron chi connectivity index (χ4n) is 1.87. The maximum Gasteiger partial charge on any atom is 0.239 e. The van der Waals surface area contributed by atoms with Crippen molar-refractivity contribution in [2.75, 3.05) is 10.7 Å². The first kappa shape index (κ1) is 13.9. The predicted octanol–water partition coefficient (Wildman–Crippen LogP) is 2.59. The van der Waals surface area contributed by atoms with E-state index in [9.17, 15) is 4.79 Å². The number of carbonyl (C=O) groups is 1. The standard InChI is InChI=1S/C14H19N3OS/c1-10(2)8-15-16-14-17(13(18)9-19-14)12-7-5-4-6-11(12)3/h4-8,10,14,16H,9H2,1-3H3/b15-8+. The topological polar surface area (TPSA) is 44.7 Å². The molecule has 4 nitrogen and oxygen atoms in total. The van der Waals surface area contributed by atoms with Gasteiger partial charge in [-0.2, -0.15) is 5.10 Å². The minimum absolute atomic E-state index is 0.122. The molecule has 1 unspecified atom stereocenters. The number of rotatable bonds is 4. The number of hydrazone groups is 1. The predicted molar refractivity (Wildman–Crippen MR) is 81.4 cm³/mol. The number of nitrogens with one attached hydrogen (secondary N) is 1. The zero-order valence-corrected chi connectivity index (χ0v) is 12.3. The molecule has 102 valence electrons. The zero-order valence-electron chi connectivity index (χ0n) is 11.5. The molecule has 0 aromatic heterocycles. The minimum atomic E-state index is -0.122. The Morgan fingerprint density at radius 3 is 2.89 bits per heavy atom. The second-order valence-corrected chi connectivity index (χ2v) is 5.93. The van der Waals surface area contributed by atoms with Crippen LogP contribution in [0, 0.1) is 12.8 Å². The number of hydrogen-bond donors (Lipinski definition) is 1. The minimum Gasteiger partial charge on any atom is -0.280 e. The summed E-state index contributed by atoms with van der Waals surface area (Å²) in [6, 6.07) is 7.92. The summed E-state index contributed by atoms with van der Waals surface area (Å²) in [6.07, 6.45) is 1.85. The van der Waals surface area contributed by atoms with Gasteiger partial charge in [-0.15, -0.1) is 11.8 Å². The van der Waals surface area contributed by atoms with Crippen LogP contribution in [0.3, 0.4) is 0 Å². The van der Waals surface area contributed by atoms with Crippen molar-refractivity contribution in [3.63, 3.8) is 0 Å². The maximum atomic E-state index is 12.0. The highest BCUT2D eigenvalue weighted by atomic mass is 32.2. The number of nitrogens with zero attached hydrogens (tertiary/aromatic N) is 2. The normalized spacial score (nSPS) is 19.7. The van der Waals surface area contributed by atoms with E-state index in [4.69, 9.17) is 0 Å². The summed E-state index contributed by atoms with van der Waals surface area (Å²) < 4.78 is 0. The molecule has 0 radical (unpaired) electrons. The van der Waals surface area contributed by atoms with Crippen LogP contribution >= 0.6 is 11.8 Å². The third-order valence-electron chi connectivity index (χ3n) is 2.80. The first-order chi connectivity index (χ1) is 9.09. The van der Waals surface area contributed by atoms with Gasteiger partial charge in [-0.25, -0.2) is 0 Å². The highest BCUT2D eigenvalue weighted by Gasteiger charge is 2.33. The summed E-state index contributed by atoms with van der Waals surface area (Å²) in [4.78, 5) is 13.8. The molecule has 1 aromatic rings. The van der Waals surface area contributed by atoms with Gasteiger partial charge in [0.05, 0.1) is 5.75 Å². The smallest absolute Gasteiger partial charge is 0.239 e. The lowest BCUT2D eigenvalue weighted by Gasteiger charge is -2.24. The molecule has 2 rings (SSSR count). The van der Waals surface area contributed by atoms with Gasteiger partial charge >= 0.3 is 0 Å². The van der Waals surface area contributed by atoms with Gasteiger partial charge in [0, 0.05) is 11.9 Å². The molecule has 1 N–H and O–H groups in total. The van der Waals surface area contributed by atoms with Crippen molar-refractivity contribution in [1.29, 1.82) is 0 Å². The zero-order chi connectivity index (χ0) is 13.8. The molecule has 0 spiro atoms. The summed E-state index contributed by atoms with van der Waals surface area (Å²) in [6.45, 7) is 6.15. The first-order valence-electron chi connectivity index (χ1n) is 6.37. The molecule has 19 heavy (non-hydrogen) atoms. The lowest BCUT2D eigenvalue weighted by atomic mass is 10.2. The molecule has 1 fully saturated rings. The summed E-state index contributed by atoms with van der Waals surface area (Å²) >= 11 is 1.57. The van der Waals surface area contributed by atoms with E-state index in [0.29, 0.717) is 11.7 Å². The molecule has 0 aliphatic carbocycles. The van der Waals surface area contributed by atoms with Crippen LogP contribution in [0.2, 0.25) is 0 Å². The monoisotopic (exact) mass is 277 g/mol. The van der Waals surface area contributed by atoms with Crippen LogP contribution in [-0.2, 0) is 4.79 Å². The van der Waals surface area contributed by atoms with Gasteiger partial charge in [-0.1, -0.05) is 32.0 Å². The van der Waals surface area contributed by atoms with E-state index in [1.165, 1.54) is 0 Å². The van der Waals surface area contributed by atoms with Crippen molar-refractivity contribution < 1.29 is 4.79 Å². The molecule has 1 heterocycles. The van der Waals surface area contributed by atoms with E-state index in [1.807, 2.05) is 37.4 Å². The lowest BCUT2D eigenvalue weighted by molar-refractivity contribution is -0.115. The quantitative estimate of drug-likeness (QED) is 0.679. The molecule has 1 amide bonds. The highest BCUT2D eigenvalue weighted by Crippen LogP contribution is 2.31. The number of anilines is 1. The molecule has 1 aliphatic heterocycles. The summed E-state index contributed by atoms with van der Waals surface area (Å²) in [5.74, 6) is 1.00. The van der Waals surface area contributed by atoms with Gasteiger partial charge < -0.3 is 0 Å². The van der Waals surface area contributed by atoms with Crippen molar-refractivity contribution >= 4 is 29.6 Å². The van der Waals surface area contributed by atoms with Crippen LogP contribution in [0.1, 0.15) is 19.4 Å². The second kappa shape index (κ2) is 6.10. The van der Waals surface area contributed by atoms with E-state index >= 15 is 0 Å². The Kier molecular flexibility index (Phi) is 4.47. The molecule has 1 saturated heterocycles. The van der Waals surface area contributed by atoms with Crippen LogP contribution in [0.25, 0.3) is 0 Å². The lowest BCUT2D eigenvalue weighted by Crippen LogP contribution is -2.40. The highest BCUT2D eigenvalue weighted by molar-refractivity contribution is 8.01. The van der Waals surface area contributed by atoms with Gasteiger partial charge in [0.25, 0.3) is 0 Å². The Bertz CT molecular complexity index is 487. The van der Waals surface area contributed by atoms with Crippen LogP contribution in [0.15, 0.2) is 29.4 Å². The summed E-state index contributed by atoms with van der Waals surface area (Å²) in [5, 5.41) is 4.20. The third kappa shape index (κ3) is 3.29. The van der Waals surface area contributed by atoms with Crippen LogP contribution in [-0.4, -0.2) is 23.4 Å². The number of amides is 1. The first-order valence-corrected chi connectivity index (χ1v) is 7.42. The van der Waals surface area contributed by atoms with Crippen LogP contribution < -0.4 is 10.3 Å². The molecule has 1 aliphatic rings. The van der Waals surface area contributed by atoms with Gasteiger partial charge in [0.1, 0.15) is 0 Å². The van der Waals surface area contributed by atoms with Crippen molar-refractivity contribution in [2.45, 2.75) is 26.3 Å². The summed E-state index contributed by atoms with van der Waals surface area (Å²) in [7, 11) is 0. The Balaban J connectivity index is 2.16. The maximum absolute atomic E-state index is 12.0. The Hall–Kier alpha value is -1.49. The molecular formula is C14H19N3OS. The molecule has 0 bridgehead atoms. The second-order valence-electron chi connectivity index (χ2n) is 4.86. The van der Waals surface area contributed by atoms with E-state index in [0.717, 1.165) is 11.3 Å². The SMILES string of the molecule is Cc1ccccc1N1C(=O)CSC1N/N=C/C(C)C. The molecule has 5 heteroatoms. The number of hydrogen-bond acceptors (Lipinski definition) is 4. The van der Waals surface area contributed by atoms with Crippen molar-refractivity contribution in [2.24, 2.45) is 11.0 Å². The van der Waals surface area contributed by atoms with E-state index in [-0.39, 0.29) is 11.4 Å². The average molecular weight is 277 g/mol. The van der Waals surface area contributed by atoms with Gasteiger partial charge in [0.2, 0.25) is 5.91 Å². The number of aryl methyl sites for hydroxylation is 1. The van der Waals surface area contributed by atoms with Gasteiger partial charge in [0.15, 0.2) is 5.50 Å². The van der Waals surface area contributed by atoms with E-state index < -0.39 is 0 Å². The molecule has 0 saturated carbocycles. The Morgan fingerprint density at radius 2 is 2.21 bits per heavy atom. The van der Waals surface area contributed by atoms with Crippen LogP contribution in [0.4, 0.5) is 5.69 Å². The number of benzene rings is 1. The van der Waals surface area contributed by atoms with Crippen molar-refractivity contribution in [3.8, 4) is 0 Å². The van der Waals surface area contributed by atoms with E-state index in [2.05, 4.69) is 24.4 Å². The largest absolute Gasteiger partial charge is 0.280 e. The molecule has 1 atom stereocenters. The van der Waals surface area contributed by atoms with Gasteiger partial charge in [-0.3, -0.25) is 15.1 Å². The fraction of sp³-hybridized carbons (Fsp3) is 0.429. The van der Waals surface area contributed by atoms with Crippen molar-refractivity contribution in [1.82, 2.24) is 5.43 Å². The van der Waals surface area contributed by atoms with Gasteiger partial charge in [-0.05, 0) is 24.5 Å². The number of carbonyl (C=O) groups excluding carboxylic acids is 1. The summed E-state index contributed by atoms with van der Waals surface area (Å²) in [5.41, 5.74) is 4.98. The van der Waals surface area contributed by atoms with E-state index in [1.54, 1.807) is 16.7 Å². The van der Waals surface area contributed by atoms with Crippen LogP contribution in [0.5, 0.6) is 0 Å². The molecule has 1 aromatic carbocycles. The number of para-hydroxylation sites is 1. The Labute approximate surface area is 118 Å². The third-order valence-corrected chi connectivity index (χ3v) is 3.85. The number of thioether (sulfide) groups is 1. The Morgan fingerprint density at radius 1 is 1.47 bits per heavy atom. The molecular weight excluding hydrogens is 258 g/mol. The fourth-order valence-corrected chi connectivity index (χ4v) is 2.83.